The smallest absolute Gasteiger partial charge is 0.155 e. The summed E-state index contributed by atoms with van der Waals surface area (Å²) >= 11 is 0. The van der Waals surface area contributed by atoms with Crippen LogP contribution in [0.3, 0.4) is 0 Å². The summed E-state index contributed by atoms with van der Waals surface area (Å²) in [7, 11) is 3.79. The summed E-state index contributed by atoms with van der Waals surface area (Å²) in [4.78, 5) is 1.90. The average Bonchev–Trinajstić information content (AvgIpc) is 1.62. The van der Waals surface area contributed by atoms with Gasteiger partial charge in [0.1, 0.15) is 0 Å². The monoisotopic (exact) mass is 126 g/mol. The SMILES string of the molecule is CN(C)C1(C#N)COC1. The van der Waals surface area contributed by atoms with Crippen LogP contribution in [0.2, 0.25) is 0 Å². The van der Waals surface area contributed by atoms with Crippen molar-refractivity contribution in [1.29, 1.82) is 5.26 Å². The van der Waals surface area contributed by atoms with E-state index in [4.69, 9.17) is 10.00 Å². The van der Waals surface area contributed by atoms with Crippen LogP contribution in [0, 0.1) is 11.3 Å². The van der Waals surface area contributed by atoms with E-state index in [1.165, 1.54) is 0 Å². The van der Waals surface area contributed by atoms with Crippen molar-refractivity contribution in [2.45, 2.75) is 5.54 Å². The molecule has 0 aromatic carbocycles. The summed E-state index contributed by atoms with van der Waals surface area (Å²) in [6.45, 7) is 1.10. The van der Waals surface area contributed by atoms with Crippen molar-refractivity contribution in [2.75, 3.05) is 27.3 Å². The fourth-order valence-electron chi connectivity index (χ4n) is 0.718. The molecule has 50 valence electrons. The molecule has 0 saturated carbocycles. The molecule has 1 fully saturated rings. The largest absolute Gasteiger partial charge is 0.375 e. The van der Waals surface area contributed by atoms with Crippen LogP contribution < -0.4 is 0 Å². The molecule has 1 rings (SSSR count). The molecule has 0 unspecified atom stereocenters. The Morgan fingerprint density at radius 2 is 2.11 bits per heavy atom. The molecule has 1 aliphatic heterocycles. The van der Waals surface area contributed by atoms with Crippen LogP contribution >= 0.6 is 0 Å². The van der Waals surface area contributed by atoms with E-state index in [2.05, 4.69) is 6.07 Å². The molecule has 0 N–H and O–H groups in total. The zero-order chi connectivity index (χ0) is 6.91. The van der Waals surface area contributed by atoms with Crippen LogP contribution in [-0.2, 0) is 4.74 Å². The molecule has 1 heterocycles. The van der Waals surface area contributed by atoms with Crippen molar-refractivity contribution in [2.24, 2.45) is 0 Å². The van der Waals surface area contributed by atoms with Crippen molar-refractivity contribution >= 4 is 0 Å². The lowest BCUT2D eigenvalue weighted by atomic mass is 9.99. The van der Waals surface area contributed by atoms with E-state index in [9.17, 15) is 0 Å². The van der Waals surface area contributed by atoms with E-state index in [-0.39, 0.29) is 5.54 Å². The van der Waals surface area contributed by atoms with Crippen molar-refractivity contribution in [3.63, 3.8) is 0 Å². The van der Waals surface area contributed by atoms with Crippen LogP contribution in [-0.4, -0.2) is 37.7 Å². The van der Waals surface area contributed by atoms with Gasteiger partial charge >= 0.3 is 0 Å². The van der Waals surface area contributed by atoms with Gasteiger partial charge in [0.25, 0.3) is 0 Å². The van der Waals surface area contributed by atoms with Gasteiger partial charge in [-0.2, -0.15) is 5.26 Å². The van der Waals surface area contributed by atoms with Crippen LogP contribution in [0.4, 0.5) is 0 Å². The standard InChI is InChI=1S/C6H10N2O/c1-8(2)6(3-7)4-9-5-6/h4-5H2,1-2H3. The molecule has 0 amide bonds. The Morgan fingerprint density at radius 3 is 2.11 bits per heavy atom. The normalized spacial score (nSPS) is 22.9. The lowest BCUT2D eigenvalue weighted by Crippen LogP contribution is -2.58. The van der Waals surface area contributed by atoms with Crippen molar-refractivity contribution < 1.29 is 4.74 Å². The van der Waals surface area contributed by atoms with Gasteiger partial charge in [-0.25, -0.2) is 0 Å². The third-order valence-corrected chi connectivity index (χ3v) is 1.75. The highest BCUT2D eigenvalue weighted by Crippen LogP contribution is 2.20. The van der Waals surface area contributed by atoms with Crippen LogP contribution in [0.25, 0.3) is 0 Å². The Kier molecular flexibility index (Phi) is 1.43. The topological polar surface area (TPSA) is 36.3 Å². The Morgan fingerprint density at radius 1 is 1.56 bits per heavy atom. The summed E-state index contributed by atoms with van der Waals surface area (Å²) in [6.07, 6.45) is 0. The van der Waals surface area contributed by atoms with Gasteiger partial charge in [-0.05, 0) is 14.1 Å². The van der Waals surface area contributed by atoms with Crippen molar-refractivity contribution in [1.82, 2.24) is 4.90 Å². The minimum Gasteiger partial charge on any atom is -0.375 e. The first kappa shape index (κ1) is 6.53. The molecule has 0 aromatic rings. The fraction of sp³-hybridized carbons (Fsp3) is 0.833. The van der Waals surface area contributed by atoms with Gasteiger partial charge in [-0.15, -0.1) is 0 Å². The summed E-state index contributed by atoms with van der Waals surface area (Å²) in [6, 6.07) is 2.22. The van der Waals surface area contributed by atoms with Gasteiger partial charge < -0.3 is 4.74 Å². The molecule has 9 heavy (non-hydrogen) atoms. The molecule has 1 saturated heterocycles. The Labute approximate surface area is 54.8 Å². The molecule has 0 radical (unpaired) electrons. The fourth-order valence-corrected chi connectivity index (χ4v) is 0.718. The summed E-state index contributed by atoms with van der Waals surface area (Å²) in [5.41, 5.74) is -0.319. The van der Waals surface area contributed by atoms with Crippen LogP contribution in [0.5, 0.6) is 0 Å². The first-order valence-corrected chi connectivity index (χ1v) is 2.88. The summed E-state index contributed by atoms with van der Waals surface area (Å²) in [5, 5.41) is 8.64. The van der Waals surface area contributed by atoms with Gasteiger partial charge in [0.15, 0.2) is 5.54 Å². The number of nitriles is 1. The highest BCUT2D eigenvalue weighted by molar-refractivity contribution is 5.11. The molecule has 0 bridgehead atoms. The number of hydrogen-bond acceptors (Lipinski definition) is 3. The maximum Gasteiger partial charge on any atom is 0.155 e. The third-order valence-electron chi connectivity index (χ3n) is 1.75. The number of ether oxygens (including phenoxy) is 1. The van der Waals surface area contributed by atoms with Crippen LogP contribution in [0.1, 0.15) is 0 Å². The Hall–Kier alpha value is -0.590. The number of rotatable bonds is 1. The Bertz CT molecular complexity index is 144. The van der Waals surface area contributed by atoms with Gasteiger partial charge in [-0.3, -0.25) is 4.90 Å². The summed E-state index contributed by atoms with van der Waals surface area (Å²) in [5.74, 6) is 0. The molecule has 0 spiro atoms. The highest BCUT2D eigenvalue weighted by atomic mass is 16.5. The zero-order valence-electron chi connectivity index (χ0n) is 5.72. The highest BCUT2D eigenvalue weighted by Gasteiger charge is 2.40. The second kappa shape index (κ2) is 1.98. The predicted octanol–water partition coefficient (Wildman–Crippen LogP) is -0.159. The lowest BCUT2D eigenvalue weighted by molar-refractivity contribution is -0.0909. The maximum atomic E-state index is 8.64. The van der Waals surface area contributed by atoms with E-state index in [1.807, 2.05) is 19.0 Å². The van der Waals surface area contributed by atoms with Gasteiger partial charge in [0.2, 0.25) is 0 Å². The van der Waals surface area contributed by atoms with E-state index in [1.54, 1.807) is 0 Å². The van der Waals surface area contributed by atoms with E-state index >= 15 is 0 Å². The van der Waals surface area contributed by atoms with Gasteiger partial charge in [0.05, 0.1) is 19.3 Å². The van der Waals surface area contributed by atoms with E-state index in [0.29, 0.717) is 13.2 Å². The molecule has 3 nitrogen and oxygen atoms in total. The quantitative estimate of drug-likeness (QED) is 0.490. The number of hydrogen-bond donors (Lipinski definition) is 0. The molecule has 0 aliphatic carbocycles. The predicted molar refractivity (Wildman–Crippen MR) is 32.8 cm³/mol. The minimum atomic E-state index is -0.319. The summed E-state index contributed by atoms with van der Waals surface area (Å²) < 4.78 is 4.93. The van der Waals surface area contributed by atoms with E-state index in [0.717, 1.165) is 0 Å². The number of nitrogens with zero attached hydrogens (tertiary/aromatic N) is 2. The van der Waals surface area contributed by atoms with Gasteiger partial charge in [-0.1, -0.05) is 0 Å². The molecular weight excluding hydrogens is 116 g/mol. The van der Waals surface area contributed by atoms with E-state index < -0.39 is 0 Å². The zero-order valence-corrected chi connectivity index (χ0v) is 5.72. The van der Waals surface area contributed by atoms with Crippen molar-refractivity contribution in [3.8, 4) is 6.07 Å². The van der Waals surface area contributed by atoms with Crippen molar-refractivity contribution in [3.05, 3.63) is 0 Å². The second-order valence-electron chi connectivity index (χ2n) is 2.53. The molecule has 0 atom stereocenters. The first-order valence-electron chi connectivity index (χ1n) is 2.88. The number of likely N-dealkylation sites (N-methyl/N-ethyl adjacent to an activating group) is 1. The maximum absolute atomic E-state index is 8.64. The third kappa shape index (κ3) is 0.805. The van der Waals surface area contributed by atoms with Gasteiger partial charge in [0, 0.05) is 0 Å². The first-order chi connectivity index (χ1) is 4.21. The minimum absolute atomic E-state index is 0.319. The molecule has 1 aliphatic rings. The van der Waals surface area contributed by atoms with Crippen LogP contribution in [0.15, 0.2) is 0 Å². The lowest BCUT2D eigenvalue weighted by Gasteiger charge is -2.40. The second-order valence-corrected chi connectivity index (χ2v) is 2.53. The molecule has 0 aromatic heterocycles. The Balaban J connectivity index is 2.60. The molecular formula is C6H10N2O. The average molecular weight is 126 g/mol. The molecule has 3 heteroatoms.